The van der Waals surface area contributed by atoms with Crippen molar-refractivity contribution in [2.24, 2.45) is 0 Å². The van der Waals surface area contributed by atoms with Gasteiger partial charge in [0.1, 0.15) is 6.04 Å². The van der Waals surface area contributed by atoms with Gasteiger partial charge in [-0.15, -0.1) is 0 Å². The quantitative estimate of drug-likeness (QED) is 0.713. The highest BCUT2D eigenvalue weighted by molar-refractivity contribution is 5.82. The minimum absolute atomic E-state index is 0.271. The summed E-state index contributed by atoms with van der Waals surface area (Å²) in [5.74, 6) is -1.04. The lowest BCUT2D eigenvalue weighted by molar-refractivity contribution is -0.139. The van der Waals surface area contributed by atoms with Crippen molar-refractivity contribution in [3.05, 3.63) is 35.9 Å². The second-order valence-corrected chi connectivity index (χ2v) is 3.58. The topological polar surface area (TPSA) is 78.4 Å². The number of rotatable bonds is 5. The van der Waals surface area contributed by atoms with Crippen LogP contribution in [0.3, 0.4) is 0 Å². The molecule has 0 heterocycles. The smallest absolute Gasteiger partial charge is 0.326 e. The Kier molecular flexibility index (Phi) is 5.00. The van der Waals surface area contributed by atoms with Crippen molar-refractivity contribution in [1.82, 2.24) is 10.6 Å². The van der Waals surface area contributed by atoms with Crippen LogP contribution in [0.15, 0.2) is 30.3 Å². The number of carboxylic acids is 1. The van der Waals surface area contributed by atoms with Crippen LogP contribution in [0, 0.1) is 0 Å². The zero-order valence-electron chi connectivity index (χ0n) is 9.64. The maximum absolute atomic E-state index is 11.3. The maximum atomic E-state index is 11.3. The molecule has 0 spiro atoms. The van der Waals surface area contributed by atoms with Gasteiger partial charge in [-0.2, -0.15) is 0 Å². The maximum Gasteiger partial charge on any atom is 0.326 e. The van der Waals surface area contributed by atoms with E-state index in [0.29, 0.717) is 6.54 Å². The van der Waals surface area contributed by atoms with Gasteiger partial charge in [0.15, 0.2) is 0 Å². The fraction of sp³-hybridized carbons (Fsp3) is 0.333. The van der Waals surface area contributed by atoms with E-state index in [2.05, 4.69) is 10.6 Å². The second-order valence-electron chi connectivity index (χ2n) is 3.58. The minimum atomic E-state index is -1.04. The number of carbonyl (C=O) groups is 2. The molecule has 5 nitrogen and oxygen atoms in total. The Morgan fingerprint density at radius 2 is 1.94 bits per heavy atom. The van der Waals surface area contributed by atoms with E-state index in [4.69, 9.17) is 5.11 Å². The Labute approximate surface area is 99.8 Å². The SMILES string of the molecule is CCNC(=O)N[C@H](Cc1ccccc1)C(=O)O. The van der Waals surface area contributed by atoms with Crippen LogP contribution in [0.1, 0.15) is 12.5 Å². The summed E-state index contributed by atoms with van der Waals surface area (Å²) in [6.45, 7) is 2.23. The lowest BCUT2D eigenvalue weighted by Crippen LogP contribution is -2.47. The summed E-state index contributed by atoms with van der Waals surface area (Å²) in [4.78, 5) is 22.3. The molecule has 0 aliphatic carbocycles. The van der Waals surface area contributed by atoms with E-state index in [1.54, 1.807) is 6.92 Å². The number of carbonyl (C=O) groups excluding carboxylic acids is 1. The summed E-state index contributed by atoms with van der Waals surface area (Å²) in [5, 5.41) is 13.9. The standard InChI is InChI=1S/C12H16N2O3/c1-2-13-12(17)14-10(11(15)16)8-9-6-4-3-5-7-9/h3-7,10H,2,8H2,1H3,(H,15,16)(H2,13,14,17)/t10-/m1/s1. The van der Waals surface area contributed by atoms with Crippen molar-refractivity contribution in [3.63, 3.8) is 0 Å². The number of aliphatic carboxylic acids is 1. The number of amides is 2. The summed E-state index contributed by atoms with van der Waals surface area (Å²) in [5.41, 5.74) is 0.872. The highest BCUT2D eigenvalue weighted by Crippen LogP contribution is 2.03. The van der Waals surface area contributed by atoms with E-state index >= 15 is 0 Å². The summed E-state index contributed by atoms with van der Waals surface area (Å²) >= 11 is 0. The third-order valence-electron chi connectivity index (χ3n) is 2.22. The third kappa shape index (κ3) is 4.55. The van der Waals surface area contributed by atoms with Crippen LogP contribution in [-0.2, 0) is 11.2 Å². The van der Waals surface area contributed by atoms with E-state index in [1.807, 2.05) is 30.3 Å². The lowest BCUT2D eigenvalue weighted by Gasteiger charge is -2.14. The Hall–Kier alpha value is -2.04. The summed E-state index contributed by atoms with van der Waals surface area (Å²) in [6, 6.07) is 7.81. The van der Waals surface area contributed by atoms with Crippen LogP contribution in [0.5, 0.6) is 0 Å². The van der Waals surface area contributed by atoms with Gasteiger partial charge in [0.2, 0.25) is 0 Å². The Balaban J connectivity index is 2.61. The van der Waals surface area contributed by atoms with Crippen molar-refractivity contribution in [2.75, 3.05) is 6.54 Å². The molecule has 5 heteroatoms. The highest BCUT2D eigenvalue weighted by Gasteiger charge is 2.19. The molecule has 0 bridgehead atoms. The van der Waals surface area contributed by atoms with Crippen LogP contribution in [0.2, 0.25) is 0 Å². The molecule has 1 aromatic rings. The molecule has 0 aromatic heterocycles. The zero-order chi connectivity index (χ0) is 12.7. The molecule has 0 saturated carbocycles. The van der Waals surface area contributed by atoms with Gasteiger partial charge in [-0.05, 0) is 12.5 Å². The molecule has 1 aromatic carbocycles. The Morgan fingerprint density at radius 3 is 2.47 bits per heavy atom. The number of hydrogen-bond donors (Lipinski definition) is 3. The molecule has 1 rings (SSSR count). The van der Waals surface area contributed by atoms with Gasteiger partial charge >= 0.3 is 12.0 Å². The zero-order valence-corrected chi connectivity index (χ0v) is 9.64. The van der Waals surface area contributed by atoms with Gasteiger partial charge in [0, 0.05) is 13.0 Å². The number of nitrogens with one attached hydrogen (secondary N) is 2. The average Bonchev–Trinajstić information content (AvgIpc) is 2.29. The fourth-order valence-corrected chi connectivity index (χ4v) is 1.42. The van der Waals surface area contributed by atoms with Gasteiger partial charge in [0.05, 0.1) is 0 Å². The normalized spacial score (nSPS) is 11.6. The molecule has 17 heavy (non-hydrogen) atoms. The molecule has 92 valence electrons. The van der Waals surface area contributed by atoms with E-state index in [9.17, 15) is 9.59 Å². The third-order valence-corrected chi connectivity index (χ3v) is 2.22. The van der Waals surface area contributed by atoms with Crippen molar-refractivity contribution in [3.8, 4) is 0 Å². The molecular weight excluding hydrogens is 220 g/mol. The molecule has 3 N–H and O–H groups in total. The first kappa shape index (κ1) is 13.0. The van der Waals surface area contributed by atoms with Crippen LogP contribution < -0.4 is 10.6 Å². The van der Waals surface area contributed by atoms with Crippen LogP contribution in [0.4, 0.5) is 4.79 Å². The van der Waals surface area contributed by atoms with E-state index in [0.717, 1.165) is 5.56 Å². The number of benzene rings is 1. The molecule has 0 saturated heterocycles. The number of urea groups is 1. The molecule has 0 radical (unpaired) electrons. The predicted molar refractivity (Wildman–Crippen MR) is 63.8 cm³/mol. The van der Waals surface area contributed by atoms with E-state index < -0.39 is 18.0 Å². The van der Waals surface area contributed by atoms with Crippen LogP contribution in [0.25, 0.3) is 0 Å². The van der Waals surface area contributed by atoms with Crippen molar-refractivity contribution in [1.29, 1.82) is 0 Å². The predicted octanol–water partition coefficient (Wildman–Crippen LogP) is 1.00. The monoisotopic (exact) mass is 236 g/mol. The number of hydrogen-bond acceptors (Lipinski definition) is 2. The Morgan fingerprint density at radius 1 is 1.29 bits per heavy atom. The van der Waals surface area contributed by atoms with Crippen molar-refractivity contribution in [2.45, 2.75) is 19.4 Å². The Bertz CT molecular complexity index is 379. The molecule has 0 unspecified atom stereocenters. The van der Waals surface area contributed by atoms with Gasteiger partial charge in [0.25, 0.3) is 0 Å². The summed E-state index contributed by atoms with van der Waals surface area (Å²) in [7, 11) is 0. The summed E-state index contributed by atoms with van der Waals surface area (Å²) < 4.78 is 0. The van der Waals surface area contributed by atoms with Gasteiger partial charge in [-0.3, -0.25) is 0 Å². The van der Waals surface area contributed by atoms with E-state index in [-0.39, 0.29) is 6.42 Å². The largest absolute Gasteiger partial charge is 0.480 e. The molecular formula is C12H16N2O3. The van der Waals surface area contributed by atoms with Gasteiger partial charge < -0.3 is 15.7 Å². The first-order valence-electron chi connectivity index (χ1n) is 5.44. The first-order valence-corrected chi connectivity index (χ1v) is 5.44. The molecule has 2 amide bonds. The molecule has 0 aliphatic rings. The van der Waals surface area contributed by atoms with Gasteiger partial charge in [-0.25, -0.2) is 9.59 Å². The van der Waals surface area contributed by atoms with E-state index in [1.165, 1.54) is 0 Å². The highest BCUT2D eigenvalue weighted by atomic mass is 16.4. The van der Waals surface area contributed by atoms with Crippen LogP contribution in [-0.4, -0.2) is 29.7 Å². The van der Waals surface area contributed by atoms with Crippen molar-refractivity contribution >= 4 is 12.0 Å². The van der Waals surface area contributed by atoms with Crippen LogP contribution >= 0.6 is 0 Å². The molecule has 0 fully saturated rings. The summed E-state index contributed by atoms with van der Waals surface area (Å²) in [6.07, 6.45) is 0.271. The number of carboxylic acid groups (broad SMARTS) is 1. The first-order chi connectivity index (χ1) is 8.13. The second kappa shape index (κ2) is 6.52. The lowest BCUT2D eigenvalue weighted by atomic mass is 10.1. The van der Waals surface area contributed by atoms with Crippen molar-refractivity contribution < 1.29 is 14.7 Å². The molecule has 0 aliphatic heterocycles. The van der Waals surface area contributed by atoms with Gasteiger partial charge in [-0.1, -0.05) is 30.3 Å². The average molecular weight is 236 g/mol. The minimum Gasteiger partial charge on any atom is -0.480 e. The molecule has 1 atom stereocenters. The fourth-order valence-electron chi connectivity index (χ4n) is 1.42.